The molecule has 2 heterocycles. The fraction of sp³-hybridized carbons (Fsp3) is 0.467. The molecule has 0 amide bonds. The van der Waals surface area contributed by atoms with Crippen LogP contribution in [-0.2, 0) is 0 Å². The van der Waals surface area contributed by atoms with Crippen molar-refractivity contribution in [3.05, 3.63) is 35.7 Å². The molecule has 1 atom stereocenters. The van der Waals surface area contributed by atoms with Crippen LogP contribution in [0.2, 0.25) is 0 Å². The molecule has 1 N–H and O–H groups in total. The first-order valence-corrected chi connectivity index (χ1v) is 7.09. The smallest absolute Gasteiger partial charge is 0.257 e. The minimum absolute atomic E-state index is 0.194. The molecule has 5 nitrogen and oxygen atoms in total. The van der Waals surface area contributed by atoms with Crippen molar-refractivity contribution in [1.29, 1.82) is 0 Å². The lowest BCUT2D eigenvalue weighted by molar-refractivity contribution is 0.176. The topological polar surface area (TPSA) is 54.2 Å². The zero-order chi connectivity index (χ0) is 13.9. The van der Waals surface area contributed by atoms with Gasteiger partial charge >= 0.3 is 0 Å². The molecule has 3 rings (SSSR count). The second kappa shape index (κ2) is 5.73. The first-order valence-electron chi connectivity index (χ1n) is 7.09. The van der Waals surface area contributed by atoms with Gasteiger partial charge in [-0.05, 0) is 26.0 Å². The lowest BCUT2D eigenvalue weighted by atomic mass is 10.1. The van der Waals surface area contributed by atoms with E-state index < -0.39 is 0 Å². The Bertz CT molecular complexity index is 575. The van der Waals surface area contributed by atoms with Gasteiger partial charge in [-0.15, -0.1) is 0 Å². The number of piperazine rings is 1. The van der Waals surface area contributed by atoms with E-state index >= 15 is 0 Å². The van der Waals surface area contributed by atoms with Gasteiger partial charge in [-0.1, -0.05) is 22.9 Å². The van der Waals surface area contributed by atoms with Crippen LogP contribution >= 0.6 is 0 Å². The van der Waals surface area contributed by atoms with E-state index in [9.17, 15) is 0 Å². The number of nitrogens with zero attached hydrogens (tertiary/aromatic N) is 3. The number of aryl methyl sites for hydroxylation is 1. The highest BCUT2D eigenvalue weighted by atomic mass is 16.5. The van der Waals surface area contributed by atoms with E-state index in [1.807, 2.05) is 12.1 Å². The molecule has 0 bridgehead atoms. The fourth-order valence-electron chi connectivity index (χ4n) is 2.53. The minimum atomic E-state index is 0.194. The van der Waals surface area contributed by atoms with E-state index in [-0.39, 0.29) is 6.04 Å². The molecule has 0 saturated carbocycles. The van der Waals surface area contributed by atoms with Crippen LogP contribution in [0.5, 0.6) is 0 Å². The number of rotatable bonds is 3. The minimum Gasteiger partial charge on any atom is -0.334 e. The van der Waals surface area contributed by atoms with E-state index in [0.29, 0.717) is 5.89 Å². The van der Waals surface area contributed by atoms with E-state index in [1.54, 1.807) is 0 Å². The first-order chi connectivity index (χ1) is 9.74. The summed E-state index contributed by atoms with van der Waals surface area (Å²) in [6.07, 6.45) is 0. The summed E-state index contributed by atoms with van der Waals surface area (Å²) < 4.78 is 5.41. The molecule has 1 fully saturated rings. The molecule has 106 valence electrons. The van der Waals surface area contributed by atoms with Gasteiger partial charge in [0.15, 0.2) is 5.82 Å². The maximum atomic E-state index is 5.41. The Kier molecular flexibility index (Phi) is 3.80. The lowest BCUT2D eigenvalue weighted by Crippen LogP contribution is -2.44. The van der Waals surface area contributed by atoms with Gasteiger partial charge in [0.2, 0.25) is 0 Å². The van der Waals surface area contributed by atoms with E-state index in [1.165, 1.54) is 5.56 Å². The molecular formula is C15H20N4O. The third-order valence-corrected chi connectivity index (χ3v) is 3.78. The Labute approximate surface area is 119 Å². The zero-order valence-corrected chi connectivity index (χ0v) is 12.0. The van der Waals surface area contributed by atoms with Crippen molar-refractivity contribution in [2.24, 2.45) is 0 Å². The van der Waals surface area contributed by atoms with Crippen molar-refractivity contribution >= 4 is 0 Å². The third-order valence-electron chi connectivity index (χ3n) is 3.78. The van der Waals surface area contributed by atoms with Gasteiger partial charge < -0.3 is 9.84 Å². The summed E-state index contributed by atoms with van der Waals surface area (Å²) in [6.45, 7) is 8.28. The molecule has 0 spiro atoms. The quantitative estimate of drug-likeness (QED) is 0.926. The molecule has 1 aromatic carbocycles. The van der Waals surface area contributed by atoms with Crippen LogP contribution in [0.1, 0.15) is 24.4 Å². The maximum Gasteiger partial charge on any atom is 0.257 e. The molecule has 1 saturated heterocycles. The summed E-state index contributed by atoms with van der Waals surface area (Å²) >= 11 is 0. The highest BCUT2D eigenvalue weighted by molar-refractivity contribution is 5.53. The number of hydrogen-bond donors (Lipinski definition) is 1. The van der Waals surface area contributed by atoms with Crippen LogP contribution in [0.4, 0.5) is 0 Å². The largest absolute Gasteiger partial charge is 0.334 e. The van der Waals surface area contributed by atoms with Crippen molar-refractivity contribution in [1.82, 2.24) is 20.4 Å². The van der Waals surface area contributed by atoms with Crippen molar-refractivity contribution < 1.29 is 4.52 Å². The lowest BCUT2D eigenvalue weighted by Gasteiger charge is -2.30. The molecule has 5 heteroatoms. The van der Waals surface area contributed by atoms with Crippen molar-refractivity contribution in [2.75, 3.05) is 26.2 Å². The molecule has 2 aromatic rings. The summed E-state index contributed by atoms with van der Waals surface area (Å²) in [5, 5.41) is 7.50. The van der Waals surface area contributed by atoms with Crippen LogP contribution < -0.4 is 5.32 Å². The van der Waals surface area contributed by atoms with Crippen LogP contribution in [0.3, 0.4) is 0 Å². The van der Waals surface area contributed by atoms with Crippen LogP contribution in [0.15, 0.2) is 28.8 Å². The average molecular weight is 272 g/mol. The maximum absolute atomic E-state index is 5.41. The summed E-state index contributed by atoms with van der Waals surface area (Å²) in [7, 11) is 0. The van der Waals surface area contributed by atoms with Gasteiger partial charge in [0.1, 0.15) is 0 Å². The highest BCUT2D eigenvalue weighted by Gasteiger charge is 2.22. The monoisotopic (exact) mass is 272 g/mol. The van der Waals surface area contributed by atoms with Crippen LogP contribution in [0.25, 0.3) is 11.5 Å². The van der Waals surface area contributed by atoms with Gasteiger partial charge in [-0.2, -0.15) is 4.98 Å². The molecule has 20 heavy (non-hydrogen) atoms. The van der Waals surface area contributed by atoms with Crippen molar-refractivity contribution in [3.8, 4) is 11.5 Å². The third kappa shape index (κ3) is 2.73. The Morgan fingerprint density at radius 2 is 2.10 bits per heavy atom. The number of nitrogens with one attached hydrogen (secondary N) is 1. The second-order valence-electron chi connectivity index (χ2n) is 5.29. The van der Waals surface area contributed by atoms with Gasteiger partial charge in [0.25, 0.3) is 5.89 Å². The molecule has 0 radical (unpaired) electrons. The molecular weight excluding hydrogens is 252 g/mol. The number of benzene rings is 1. The Morgan fingerprint density at radius 1 is 1.30 bits per heavy atom. The SMILES string of the molecule is Cc1cccc(-c2nc(C(C)N3CCNCC3)no2)c1. The Balaban J connectivity index is 1.79. The second-order valence-corrected chi connectivity index (χ2v) is 5.29. The normalized spacial score (nSPS) is 18.1. The van der Waals surface area contributed by atoms with E-state index in [4.69, 9.17) is 4.52 Å². The molecule has 1 aliphatic heterocycles. The molecule has 1 unspecified atom stereocenters. The van der Waals surface area contributed by atoms with Crippen molar-refractivity contribution in [2.45, 2.75) is 19.9 Å². The van der Waals surface area contributed by atoms with Gasteiger partial charge in [-0.25, -0.2) is 0 Å². The van der Waals surface area contributed by atoms with Crippen LogP contribution in [-0.4, -0.2) is 41.2 Å². The number of aromatic nitrogens is 2. The highest BCUT2D eigenvalue weighted by Crippen LogP contribution is 2.23. The van der Waals surface area contributed by atoms with Gasteiger partial charge in [0, 0.05) is 31.7 Å². The number of hydrogen-bond acceptors (Lipinski definition) is 5. The van der Waals surface area contributed by atoms with Crippen molar-refractivity contribution in [3.63, 3.8) is 0 Å². The van der Waals surface area contributed by atoms with E-state index in [2.05, 4.69) is 46.3 Å². The molecule has 0 aliphatic carbocycles. The summed E-state index contributed by atoms with van der Waals surface area (Å²) in [5.74, 6) is 1.37. The Morgan fingerprint density at radius 3 is 2.85 bits per heavy atom. The predicted octanol–water partition coefficient (Wildman–Crippen LogP) is 2.01. The summed E-state index contributed by atoms with van der Waals surface area (Å²) in [4.78, 5) is 6.93. The molecule has 1 aliphatic rings. The Hall–Kier alpha value is -1.72. The standard InChI is InChI=1S/C15H20N4O/c1-11-4-3-5-13(10-11)15-17-14(18-20-15)12(2)19-8-6-16-7-9-19/h3-5,10,12,16H,6-9H2,1-2H3. The van der Waals surface area contributed by atoms with E-state index in [0.717, 1.165) is 37.6 Å². The predicted molar refractivity (Wildman–Crippen MR) is 77.3 cm³/mol. The van der Waals surface area contributed by atoms with Gasteiger partial charge in [-0.3, -0.25) is 4.90 Å². The average Bonchev–Trinajstić information content (AvgIpc) is 2.97. The van der Waals surface area contributed by atoms with Gasteiger partial charge in [0.05, 0.1) is 6.04 Å². The summed E-state index contributed by atoms with van der Waals surface area (Å²) in [6, 6.07) is 8.32. The zero-order valence-electron chi connectivity index (χ0n) is 12.0. The first kappa shape index (κ1) is 13.3. The fourth-order valence-corrected chi connectivity index (χ4v) is 2.53. The summed E-state index contributed by atoms with van der Waals surface area (Å²) in [5.41, 5.74) is 2.17. The van der Waals surface area contributed by atoms with Crippen LogP contribution in [0, 0.1) is 6.92 Å². The molecule has 1 aromatic heterocycles.